The molecule has 1 saturated carbocycles. The molecule has 182 valence electrons. The van der Waals surface area contributed by atoms with Gasteiger partial charge >= 0.3 is 18.2 Å². The van der Waals surface area contributed by atoms with Gasteiger partial charge in [0.15, 0.2) is 5.78 Å². The van der Waals surface area contributed by atoms with E-state index in [0.717, 1.165) is 11.8 Å². The fourth-order valence-electron chi connectivity index (χ4n) is 3.79. The number of benzene rings is 1. The first kappa shape index (κ1) is 26.6. The predicted molar refractivity (Wildman–Crippen MR) is 111 cm³/mol. The number of ketones is 2. The number of carbonyl (C=O) groups is 4. The molecule has 0 N–H and O–H groups in total. The van der Waals surface area contributed by atoms with E-state index in [9.17, 15) is 32.3 Å². The number of rotatable bonds is 7. The van der Waals surface area contributed by atoms with Gasteiger partial charge in [-0.3, -0.25) is 19.3 Å². The molecule has 0 heterocycles. The first-order valence-electron chi connectivity index (χ1n) is 10.3. The highest BCUT2D eigenvalue weighted by molar-refractivity contribution is 6.31. The van der Waals surface area contributed by atoms with Gasteiger partial charge in [0.2, 0.25) is 12.1 Å². The number of likely N-dealkylation sites (N-methyl/N-ethyl adjacent to an activating group) is 1. The minimum Gasteiger partial charge on any atom is -0.425 e. The molecule has 1 fully saturated rings. The predicted octanol–water partition coefficient (Wildman–Crippen LogP) is 4.79. The lowest BCUT2D eigenvalue weighted by atomic mass is 9.74. The Morgan fingerprint density at radius 1 is 1.15 bits per heavy atom. The first-order valence-corrected chi connectivity index (χ1v) is 10.7. The van der Waals surface area contributed by atoms with Crippen LogP contribution in [0.5, 0.6) is 0 Å². The van der Waals surface area contributed by atoms with Gasteiger partial charge in [0.05, 0.1) is 5.92 Å². The van der Waals surface area contributed by atoms with E-state index in [4.69, 9.17) is 21.1 Å². The summed E-state index contributed by atoms with van der Waals surface area (Å²) < 4.78 is 47.2. The number of carbonyl (C=O) groups excluding carboxylic acids is 4. The Hall–Kier alpha value is -2.62. The van der Waals surface area contributed by atoms with Crippen molar-refractivity contribution < 1.29 is 41.8 Å². The molecule has 7 nitrogen and oxygen atoms in total. The Morgan fingerprint density at radius 3 is 2.36 bits per heavy atom. The van der Waals surface area contributed by atoms with Gasteiger partial charge in [-0.1, -0.05) is 36.7 Å². The number of halogens is 4. The van der Waals surface area contributed by atoms with Gasteiger partial charge < -0.3 is 9.47 Å². The average molecular weight is 492 g/mol. The third-order valence-corrected chi connectivity index (χ3v) is 5.91. The van der Waals surface area contributed by atoms with Gasteiger partial charge in [0.1, 0.15) is 5.54 Å². The summed E-state index contributed by atoms with van der Waals surface area (Å²) in [5, 5.41) is 0.301. The molecule has 11 heteroatoms. The van der Waals surface area contributed by atoms with Gasteiger partial charge in [-0.25, -0.2) is 4.79 Å². The summed E-state index contributed by atoms with van der Waals surface area (Å²) in [5.74, 6) is -4.81. The summed E-state index contributed by atoms with van der Waals surface area (Å²) in [7, 11) is 1.37. The molecular weight excluding hydrogens is 467 g/mol. The lowest BCUT2D eigenvalue weighted by Gasteiger charge is -2.43. The zero-order chi connectivity index (χ0) is 25.0. The minimum absolute atomic E-state index is 0.217. The number of esters is 1. The lowest BCUT2D eigenvalue weighted by Crippen LogP contribution is -2.54. The molecule has 1 aromatic carbocycles. The van der Waals surface area contributed by atoms with Crippen molar-refractivity contribution >= 4 is 35.2 Å². The zero-order valence-electron chi connectivity index (χ0n) is 18.4. The van der Waals surface area contributed by atoms with Crippen molar-refractivity contribution in [2.75, 3.05) is 7.05 Å². The van der Waals surface area contributed by atoms with Crippen LogP contribution in [-0.2, 0) is 29.4 Å². The van der Waals surface area contributed by atoms with Crippen molar-refractivity contribution in [2.45, 2.75) is 64.0 Å². The molecule has 0 spiro atoms. The van der Waals surface area contributed by atoms with Crippen LogP contribution in [0.25, 0.3) is 0 Å². The molecule has 1 amide bonds. The standard InChI is InChI=1S/C22H25ClF3NO6/c1-13(12-18(29)22(24,25)26)19(30)32-14(2)33-20(31)27(3)21(11-7-6-10-17(21)28)15-8-4-5-9-16(15)23/h4-5,8-9,13-14H,6-7,10-12H2,1-3H3/t13-,14?,21+/m1/s1. The first-order chi connectivity index (χ1) is 15.3. The fourth-order valence-corrected chi connectivity index (χ4v) is 4.08. The maximum absolute atomic E-state index is 13.0. The maximum Gasteiger partial charge on any atom is 0.449 e. The van der Waals surface area contributed by atoms with E-state index < -0.39 is 48.2 Å². The molecule has 1 aromatic rings. The fraction of sp³-hybridized carbons (Fsp3) is 0.545. The monoisotopic (exact) mass is 491 g/mol. The Kier molecular flexibility index (Phi) is 8.51. The third-order valence-electron chi connectivity index (χ3n) is 5.58. The summed E-state index contributed by atoms with van der Waals surface area (Å²) in [6, 6.07) is 6.64. The quantitative estimate of drug-likeness (QED) is 0.402. The van der Waals surface area contributed by atoms with E-state index in [1.807, 2.05) is 0 Å². The molecule has 1 aliphatic carbocycles. The van der Waals surface area contributed by atoms with Crippen molar-refractivity contribution in [1.82, 2.24) is 4.90 Å². The average Bonchev–Trinajstić information content (AvgIpc) is 2.73. The van der Waals surface area contributed by atoms with Crippen LogP contribution in [0.1, 0.15) is 51.5 Å². The number of hydrogen-bond donors (Lipinski definition) is 0. The summed E-state index contributed by atoms with van der Waals surface area (Å²) in [5.41, 5.74) is -0.927. The molecule has 1 unspecified atom stereocenters. The van der Waals surface area contributed by atoms with Crippen molar-refractivity contribution in [3.63, 3.8) is 0 Å². The molecule has 2 rings (SSSR count). The van der Waals surface area contributed by atoms with Crippen LogP contribution in [0, 0.1) is 5.92 Å². The van der Waals surface area contributed by atoms with E-state index in [1.54, 1.807) is 24.3 Å². The molecule has 0 saturated heterocycles. The van der Waals surface area contributed by atoms with Gasteiger partial charge in [0.25, 0.3) is 0 Å². The van der Waals surface area contributed by atoms with Crippen LogP contribution < -0.4 is 0 Å². The number of ether oxygens (including phenoxy) is 2. The van der Waals surface area contributed by atoms with E-state index in [1.165, 1.54) is 14.0 Å². The van der Waals surface area contributed by atoms with E-state index in [2.05, 4.69) is 0 Å². The largest absolute Gasteiger partial charge is 0.449 e. The molecular formula is C22H25ClF3NO6. The number of alkyl halides is 3. The van der Waals surface area contributed by atoms with Crippen LogP contribution in [0.2, 0.25) is 5.02 Å². The smallest absolute Gasteiger partial charge is 0.425 e. The third kappa shape index (κ3) is 6.04. The number of hydrogen-bond acceptors (Lipinski definition) is 6. The summed E-state index contributed by atoms with van der Waals surface area (Å²) in [6.45, 7) is 2.30. The molecule has 1 aliphatic rings. The normalized spacial score (nSPS) is 20.5. The highest BCUT2D eigenvalue weighted by Gasteiger charge is 2.49. The Morgan fingerprint density at radius 2 is 1.79 bits per heavy atom. The summed E-state index contributed by atoms with van der Waals surface area (Å²) in [4.78, 5) is 50.1. The second-order valence-corrected chi connectivity index (χ2v) is 8.35. The van der Waals surface area contributed by atoms with Crippen molar-refractivity contribution in [2.24, 2.45) is 5.92 Å². The molecule has 0 bridgehead atoms. The van der Waals surface area contributed by atoms with Crippen molar-refractivity contribution in [3.8, 4) is 0 Å². The maximum atomic E-state index is 13.0. The highest BCUT2D eigenvalue weighted by Crippen LogP contribution is 2.42. The molecule has 0 aromatic heterocycles. The molecule has 0 radical (unpaired) electrons. The molecule has 33 heavy (non-hydrogen) atoms. The highest BCUT2D eigenvalue weighted by atomic mass is 35.5. The number of amides is 1. The second kappa shape index (κ2) is 10.5. The van der Waals surface area contributed by atoms with Crippen LogP contribution in [0.15, 0.2) is 24.3 Å². The SMILES string of the molecule is CC(OC(=O)[C@H](C)CC(=O)C(F)(F)F)OC(=O)N(C)[C@]1(c2ccccc2Cl)CCCCC1=O. The molecule has 0 aliphatic heterocycles. The van der Waals surface area contributed by atoms with Gasteiger partial charge in [-0.2, -0.15) is 13.2 Å². The van der Waals surface area contributed by atoms with Crippen LogP contribution in [0.3, 0.4) is 0 Å². The van der Waals surface area contributed by atoms with Gasteiger partial charge in [-0.15, -0.1) is 0 Å². The number of Topliss-reactive ketones (excluding diaryl/α,β-unsaturated/α-hetero) is 2. The van der Waals surface area contributed by atoms with Crippen LogP contribution in [-0.4, -0.2) is 48.0 Å². The minimum atomic E-state index is -5.06. The van der Waals surface area contributed by atoms with Gasteiger partial charge in [-0.05, 0) is 25.3 Å². The van der Waals surface area contributed by atoms with E-state index >= 15 is 0 Å². The summed E-state index contributed by atoms with van der Waals surface area (Å²) in [6.07, 6.45) is -6.74. The van der Waals surface area contributed by atoms with E-state index in [0.29, 0.717) is 29.8 Å². The zero-order valence-corrected chi connectivity index (χ0v) is 19.2. The van der Waals surface area contributed by atoms with Crippen molar-refractivity contribution in [3.05, 3.63) is 34.9 Å². The van der Waals surface area contributed by atoms with Crippen LogP contribution >= 0.6 is 11.6 Å². The lowest BCUT2D eigenvalue weighted by molar-refractivity contribution is -0.179. The Labute approximate surface area is 194 Å². The Balaban J connectivity index is 2.12. The van der Waals surface area contributed by atoms with E-state index in [-0.39, 0.29) is 12.2 Å². The Bertz CT molecular complexity index is 922. The summed E-state index contributed by atoms with van der Waals surface area (Å²) >= 11 is 6.34. The van der Waals surface area contributed by atoms with Crippen molar-refractivity contribution in [1.29, 1.82) is 0 Å². The second-order valence-electron chi connectivity index (χ2n) is 7.94. The van der Waals surface area contributed by atoms with Crippen LogP contribution in [0.4, 0.5) is 18.0 Å². The van der Waals surface area contributed by atoms with Gasteiger partial charge in [0, 0.05) is 37.4 Å². The molecule has 3 atom stereocenters. The number of nitrogens with zero attached hydrogens (tertiary/aromatic N) is 1. The topological polar surface area (TPSA) is 90.0 Å².